The summed E-state index contributed by atoms with van der Waals surface area (Å²) in [6, 6.07) is 54.9. The summed E-state index contributed by atoms with van der Waals surface area (Å²) in [6.07, 6.45) is 8.96. The van der Waals surface area contributed by atoms with Crippen LogP contribution >= 0.6 is 0 Å². The van der Waals surface area contributed by atoms with Gasteiger partial charge in [-0.2, -0.15) is 0 Å². The van der Waals surface area contributed by atoms with Crippen molar-refractivity contribution in [1.82, 2.24) is 15.0 Å². The molecule has 2 heterocycles. The van der Waals surface area contributed by atoms with Crippen LogP contribution in [0.2, 0.25) is 0 Å². The highest BCUT2D eigenvalue weighted by atomic mass is 16.3. The highest BCUT2D eigenvalue weighted by Gasteiger charge is 2.20. The SMILES string of the molecule is C1=CC(c2cccc(-c3cccc4c3oc3cccc(-c5nc(-c6ccccc6)nc(-c6ccc7cc(-c8ccccc8)ccc7c6)n5)c34)c2)=CCC1. The molecule has 2 aromatic heterocycles. The first-order chi connectivity index (χ1) is 26.2. The first-order valence-electron chi connectivity index (χ1n) is 18.1. The molecule has 0 saturated carbocycles. The molecule has 250 valence electrons. The molecule has 0 radical (unpaired) electrons. The topological polar surface area (TPSA) is 51.8 Å². The number of rotatable bonds is 6. The van der Waals surface area contributed by atoms with Crippen molar-refractivity contribution in [1.29, 1.82) is 0 Å². The van der Waals surface area contributed by atoms with Gasteiger partial charge in [-0.15, -0.1) is 0 Å². The maximum atomic E-state index is 6.71. The van der Waals surface area contributed by atoms with E-state index in [1.54, 1.807) is 0 Å². The monoisotopic (exact) mass is 679 g/mol. The van der Waals surface area contributed by atoms with Gasteiger partial charge in [-0.3, -0.25) is 0 Å². The summed E-state index contributed by atoms with van der Waals surface area (Å²) in [7, 11) is 0. The van der Waals surface area contributed by atoms with Gasteiger partial charge in [0.1, 0.15) is 11.2 Å². The fourth-order valence-corrected chi connectivity index (χ4v) is 7.49. The molecular weight excluding hydrogens is 647 g/mol. The van der Waals surface area contributed by atoms with Crippen LogP contribution in [-0.2, 0) is 0 Å². The predicted octanol–water partition coefficient (Wildman–Crippen LogP) is 13.0. The quantitative estimate of drug-likeness (QED) is 0.175. The van der Waals surface area contributed by atoms with Crippen molar-refractivity contribution in [3.63, 3.8) is 0 Å². The second-order valence-corrected chi connectivity index (χ2v) is 13.5. The molecule has 7 aromatic carbocycles. The van der Waals surface area contributed by atoms with E-state index in [-0.39, 0.29) is 0 Å². The second kappa shape index (κ2) is 13.0. The third-order valence-electron chi connectivity index (χ3n) is 10.1. The number of para-hydroxylation sites is 1. The third kappa shape index (κ3) is 5.71. The maximum absolute atomic E-state index is 6.71. The van der Waals surface area contributed by atoms with Gasteiger partial charge >= 0.3 is 0 Å². The molecule has 0 fully saturated rings. The minimum absolute atomic E-state index is 0.602. The second-order valence-electron chi connectivity index (χ2n) is 13.5. The van der Waals surface area contributed by atoms with Gasteiger partial charge in [-0.05, 0) is 75.7 Å². The number of hydrogen-bond donors (Lipinski definition) is 0. The molecule has 0 spiro atoms. The molecule has 0 unspecified atom stereocenters. The van der Waals surface area contributed by atoms with E-state index in [1.165, 1.54) is 22.3 Å². The van der Waals surface area contributed by atoms with Crippen LogP contribution in [0.5, 0.6) is 0 Å². The molecule has 0 saturated heterocycles. The van der Waals surface area contributed by atoms with Crippen LogP contribution in [0.15, 0.2) is 180 Å². The van der Waals surface area contributed by atoms with E-state index in [0.29, 0.717) is 17.5 Å². The number of fused-ring (bicyclic) bond motifs is 4. The van der Waals surface area contributed by atoms with Gasteiger partial charge in [0.05, 0.1) is 0 Å². The maximum Gasteiger partial charge on any atom is 0.164 e. The zero-order chi connectivity index (χ0) is 35.1. The first-order valence-corrected chi connectivity index (χ1v) is 18.1. The normalized spacial score (nSPS) is 12.8. The molecule has 4 heteroatoms. The lowest BCUT2D eigenvalue weighted by Crippen LogP contribution is -2.00. The van der Waals surface area contributed by atoms with E-state index in [4.69, 9.17) is 19.4 Å². The first kappa shape index (κ1) is 30.9. The Labute approximate surface area is 307 Å². The van der Waals surface area contributed by atoms with Gasteiger partial charge < -0.3 is 4.42 Å². The Morgan fingerprint density at radius 1 is 0.434 bits per heavy atom. The van der Waals surface area contributed by atoms with Crippen LogP contribution in [0.1, 0.15) is 18.4 Å². The molecular formula is C49H33N3O. The Hall–Kier alpha value is -6.91. The van der Waals surface area contributed by atoms with Crippen molar-refractivity contribution >= 4 is 38.3 Å². The Morgan fingerprint density at radius 2 is 1.08 bits per heavy atom. The lowest BCUT2D eigenvalue weighted by Gasteiger charge is -2.10. The minimum Gasteiger partial charge on any atom is -0.455 e. The van der Waals surface area contributed by atoms with E-state index < -0.39 is 0 Å². The predicted molar refractivity (Wildman–Crippen MR) is 218 cm³/mol. The van der Waals surface area contributed by atoms with Crippen LogP contribution in [0.3, 0.4) is 0 Å². The average molecular weight is 680 g/mol. The highest BCUT2D eigenvalue weighted by molar-refractivity contribution is 6.15. The molecule has 1 aliphatic rings. The highest BCUT2D eigenvalue weighted by Crippen LogP contribution is 2.41. The number of nitrogens with zero attached hydrogens (tertiary/aromatic N) is 3. The van der Waals surface area contributed by atoms with E-state index in [1.807, 2.05) is 48.5 Å². The zero-order valence-corrected chi connectivity index (χ0v) is 28.9. The summed E-state index contributed by atoms with van der Waals surface area (Å²) in [4.78, 5) is 15.3. The molecule has 9 aromatic rings. The van der Waals surface area contributed by atoms with Crippen molar-refractivity contribution in [2.24, 2.45) is 0 Å². The van der Waals surface area contributed by atoms with Crippen LogP contribution in [0.25, 0.3) is 94.7 Å². The largest absolute Gasteiger partial charge is 0.455 e. The zero-order valence-electron chi connectivity index (χ0n) is 28.9. The van der Waals surface area contributed by atoms with Gasteiger partial charge in [0.2, 0.25) is 0 Å². The summed E-state index contributed by atoms with van der Waals surface area (Å²) in [5.41, 5.74) is 11.4. The Balaban J connectivity index is 1.12. The summed E-state index contributed by atoms with van der Waals surface area (Å²) < 4.78 is 6.71. The molecule has 1 aliphatic carbocycles. The molecule has 0 N–H and O–H groups in total. The number of aromatic nitrogens is 3. The van der Waals surface area contributed by atoms with Crippen molar-refractivity contribution in [3.8, 4) is 56.4 Å². The summed E-state index contributed by atoms with van der Waals surface area (Å²) in [6.45, 7) is 0. The summed E-state index contributed by atoms with van der Waals surface area (Å²) in [5, 5.41) is 4.30. The van der Waals surface area contributed by atoms with Gasteiger partial charge in [-0.25, -0.2) is 15.0 Å². The standard InChI is InChI=1S/C49H33N3O/c1-4-13-32(14-5-1)35-19-10-20-39(30-35)41-21-11-22-42-45-43(23-12-24-44(45)53-46(41)42)49-51-47(34-17-8-3-9-18-34)50-48(52-49)40-28-27-37-29-36(25-26-38(37)31-40)33-15-6-2-7-16-33/h2-4,6-31H,1,5H2. The van der Waals surface area contributed by atoms with Crippen LogP contribution in [-0.4, -0.2) is 15.0 Å². The molecule has 53 heavy (non-hydrogen) atoms. The fraction of sp³-hybridized carbons (Fsp3) is 0.0408. The molecule has 10 rings (SSSR count). The minimum atomic E-state index is 0.602. The number of hydrogen-bond acceptors (Lipinski definition) is 4. The van der Waals surface area contributed by atoms with Gasteiger partial charge in [-0.1, -0.05) is 152 Å². The molecule has 0 bridgehead atoms. The molecule has 0 amide bonds. The third-order valence-corrected chi connectivity index (χ3v) is 10.1. The van der Waals surface area contributed by atoms with Gasteiger partial charge in [0.15, 0.2) is 17.5 Å². The number of benzene rings is 7. The van der Waals surface area contributed by atoms with Crippen LogP contribution in [0, 0.1) is 0 Å². The Morgan fingerprint density at radius 3 is 1.87 bits per heavy atom. The summed E-state index contributed by atoms with van der Waals surface area (Å²) >= 11 is 0. The molecule has 0 atom stereocenters. The van der Waals surface area contributed by atoms with Crippen molar-refractivity contribution in [2.45, 2.75) is 12.8 Å². The number of allylic oxidation sites excluding steroid dienone is 4. The Bertz CT molecular complexity index is 2890. The van der Waals surface area contributed by atoms with Crippen molar-refractivity contribution in [3.05, 3.63) is 182 Å². The van der Waals surface area contributed by atoms with E-state index in [2.05, 4.69) is 127 Å². The smallest absolute Gasteiger partial charge is 0.164 e. The van der Waals surface area contributed by atoms with E-state index in [9.17, 15) is 0 Å². The lowest BCUT2D eigenvalue weighted by molar-refractivity contribution is 0.670. The van der Waals surface area contributed by atoms with Crippen LogP contribution in [0.4, 0.5) is 0 Å². The Kier molecular flexibility index (Phi) is 7.58. The van der Waals surface area contributed by atoms with Gasteiger partial charge in [0, 0.05) is 33.0 Å². The summed E-state index contributed by atoms with van der Waals surface area (Å²) in [5.74, 6) is 1.85. The van der Waals surface area contributed by atoms with E-state index in [0.717, 1.165) is 73.4 Å². The number of furan rings is 1. The van der Waals surface area contributed by atoms with Crippen LogP contribution < -0.4 is 0 Å². The van der Waals surface area contributed by atoms with E-state index >= 15 is 0 Å². The average Bonchev–Trinajstić information content (AvgIpc) is 3.63. The van der Waals surface area contributed by atoms with Gasteiger partial charge in [0.25, 0.3) is 0 Å². The molecule has 0 aliphatic heterocycles. The fourth-order valence-electron chi connectivity index (χ4n) is 7.49. The van der Waals surface area contributed by atoms with Crippen molar-refractivity contribution in [2.75, 3.05) is 0 Å². The lowest BCUT2D eigenvalue weighted by atomic mass is 9.95. The van der Waals surface area contributed by atoms with Crippen molar-refractivity contribution < 1.29 is 4.42 Å². The molecule has 4 nitrogen and oxygen atoms in total.